The number of halogens is 2. The summed E-state index contributed by atoms with van der Waals surface area (Å²) in [5.41, 5.74) is 0. The molecule has 3 rings (SSSR count). The Labute approximate surface area is 197 Å². The lowest BCUT2D eigenvalue weighted by Gasteiger charge is -2.20. The van der Waals surface area contributed by atoms with E-state index in [0.29, 0.717) is 40.4 Å². The maximum absolute atomic E-state index is 11.8. The fourth-order valence-electron chi connectivity index (χ4n) is 2.88. The number of rotatable bonds is 10. The lowest BCUT2D eigenvalue weighted by molar-refractivity contribution is -0.132. The van der Waals surface area contributed by atoms with Gasteiger partial charge in [-0.15, -0.1) is 0 Å². The second-order valence-corrected chi connectivity index (χ2v) is 8.34. The van der Waals surface area contributed by atoms with Gasteiger partial charge in [-0.25, -0.2) is 0 Å². The number of carbonyl (C=O) groups is 1. The van der Waals surface area contributed by atoms with E-state index in [1.54, 1.807) is 61.6 Å². The van der Waals surface area contributed by atoms with Gasteiger partial charge in [-0.1, -0.05) is 23.2 Å². The highest BCUT2D eigenvalue weighted by Crippen LogP contribution is 2.30. The van der Waals surface area contributed by atoms with Crippen LogP contribution in [0.4, 0.5) is 0 Å². The Morgan fingerprint density at radius 3 is 2.59 bits per heavy atom. The zero-order valence-corrected chi connectivity index (χ0v) is 19.4. The number of hydrogen-bond acceptors (Lipinski definition) is 7. The van der Waals surface area contributed by atoms with E-state index in [1.165, 1.54) is 4.90 Å². The van der Waals surface area contributed by atoms with Crippen molar-refractivity contribution in [3.05, 3.63) is 52.5 Å². The third-order valence-corrected chi connectivity index (χ3v) is 5.06. The fourth-order valence-corrected chi connectivity index (χ4v) is 3.17. The van der Waals surface area contributed by atoms with Crippen LogP contribution in [0.5, 0.6) is 17.2 Å². The molecule has 2 aromatic rings. The zero-order valence-electron chi connectivity index (χ0n) is 17.9. The number of ether oxygens (including phenoxy) is 3. The van der Waals surface area contributed by atoms with Crippen LogP contribution in [0, 0.1) is 0 Å². The average molecular weight is 485 g/mol. The van der Waals surface area contributed by atoms with Gasteiger partial charge in [0.2, 0.25) is 0 Å². The van der Waals surface area contributed by atoms with Crippen LogP contribution in [0.3, 0.4) is 0 Å². The van der Waals surface area contributed by atoms with E-state index in [0.717, 1.165) is 0 Å². The largest absolute Gasteiger partial charge is 0.487 e. The maximum Gasteiger partial charge on any atom is 0.259 e. The number of aliphatic hydroxyl groups is 1. The van der Waals surface area contributed by atoms with E-state index in [2.05, 4.69) is 0 Å². The summed E-state index contributed by atoms with van der Waals surface area (Å²) in [5, 5.41) is 13.1. The highest BCUT2D eigenvalue weighted by Gasteiger charge is 2.27. The van der Waals surface area contributed by atoms with Crippen LogP contribution >= 0.6 is 23.2 Å². The van der Waals surface area contributed by atoms with Gasteiger partial charge in [0, 0.05) is 30.2 Å². The SMILES string of the molecule is CN(C)C(=O)COc1cc(Cl)ccc1OC[C@H](O)CN1C[C@@H](Oc2ccc(Cl)cc2)CO1. The van der Waals surface area contributed by atoms with E-state index < -0.39 is 6.10 Å². The molecule has 0 saturated carbocycles. The van der Waals surface area contributed by atoms with E-state index >= 15 is 0 Å². The Bertz CT molecular complexity index is 896. The number of nitrogens with zero attached hydrogens (tertiary/aromatic N) is 2. The van der Waals surface area contributed by atoms with E-state index in [9.17, 15) is 9.90 Å². The predicted octanol–water partition coefficient (Wildman–Crippen LogP) is 2.89. The smallest absolute Gasteiger partial charge is 0.259 e. The first-order chi connectivity index (χ1) is 15.3. The van der Waals surface area contributed by atoms with Gasteiger partial charge in [0.25, 0.3) is 5.91 Å². The molecule has 0 unspecified atom stereocenters. The van der Waals surface area contributed by atoms with Gasteiger partial charge in [-0.3, -0.25) is 9.63 Å². The summed E-state index contributed by atoms with van der Waals surface area (Å²) in [4.78, 5) is 18.8. The molecule has 1 aliphatic rings. The third-order valence-electron chi connectivity index (χ3n) is 4.57. The van der Waals surface area contributed by atoms with Crippen molar-refractivity contribution in [2.75, 3.05) is 47.0 Å². The van der Waals surface area contributed by atoms with Gasteiger partial charge in [0.05, 0.1) is 13.1 Å². The Kier molecular flexibility index (Phi) is 8.84. The molecule has 1 saturated heterocycles. The normalized spacial score (nSPS) is 17.1. The summed E-state index contributed by atoms with van der Waals surface area (Å²) < 4.78 is 17.1. The molecule has 1 heterocycles. The van der Waals surface area contributed by atoms with Crippen LogP contribution in [0.2, 0.25) is 10.0 Å². The van der Waals surface area contributed by atoms with Crippen LogP contribution in [0.25, 0.3) is 0 Å². The Hall–Kier alpha value is -2.23. The molecule has 0 bridgehead atoms. The summed E-state index contributed by atoms with van der Waals surface area (Å²) in [6.45, 7) is 0.974. The van der Waals surface area contributed by atoms with Crippen molar-refractivity contribution in [3.8, 4) is 17.2 Å². The highest BCUT2D eigenvalue weighted by molar-refractivity contribution is 6.31. The van der Waals surface area contributed by atoms with E-state index in [-0.39, 0.29) is 31.8 Å². The topological polar surface area (TPSA) is 80.7 Å². The molecule has 1 aliphatic heterocycles. The monoisotopic (exact) mass is 484 g/mol. The second-order valence-electron chi connectivity index (χ2n) is 7.47. The second kappa shape index (κ2) is 11.6. The van der Waals surface area contributed by atoms with Crippen LogP contribution in [0.15, 0.2) is 42.5 Å². The molecule has 1 N–H and O–H groups in total. The molecule has 32 heavy (non-hydrogen) atoms. The van der Waals surface area contributed by atoms with Crippen LogP contribution < -0.4 is 14.2 Å². The van der Waals surface area contributed by atoms with Gasteiger partial charge in [0.15, 0.2) is 18.1 Å². The number of β-amino-alcohol motifs (C(OH)–C–C–N with tert-alkyl or cyclic N) is 1. The van der Waals surface area contributed by atoms with E-state index in [1.807, 2.05) is 0 Å². The number of carbonyl (C=O) groups excluding carboxylic acids is 1. The molecule has 0 aliphatic carbocycles. The van der Waals surface area contributed by atoms with Crippen molar-refractivity contribution >= 4 is 29.1 Å². The molecule has 8 nitrogen and oxygen atoms in total. The molecular formula is C22H26Cl2N2O6. The summed E-state index contributed by atoms with van der Waals surface area (Å²) in [5.74, 6) is 1.22. The van der Waals surface area contributed by atoms with Crippen molar-refractivity contribution in [1.29, 1.82) is 0 Å². The summed E-state index contributed by atoms with van der Waals surface area (Å²) in [6.07, 6.45) is -0.981. The molecule has 2 aromatic carbocycles. The van der Waals surface area contributed by atoms with Crippen molar-refractivity contribution in [3.63, 3.8) is 0 Å². The minimum absolute atomic E-state index is 0.00217. The molecular weight excluding hydrogens is 459 g/mol. The highest BCUT2D eigenvalue weighted by atomic mass is 35.5. The van der Waals surface area contributed by atoms with Crippen molar-refractivity contribution in [2.24, 2.45) is 0 Å². The molecule has 0 spiro atoms. The molecule has 2 atom stereocenters. The molecule has 1 fully saturated rings. The lowest BCUT2D eigenvalue weighted by Crippen LogP contribution is -2.34. The van der Waals surface area contributed by atoms with Crippen molar-refractivity contribution in [2.45, 2.75) is 12.2 Å². The lowest BCUT2D eigenvalue weighted by atomic mass is 10.3. The Balaban J connectivity index is 1.46. The number of aliphatic hydroxyl groups excluding tert-OH is 1. The molecule has 10 heteroatoms. The number of likely N-dealkylation sites (N-methyl/N-ethyl adjacent to an activating group) is 1. The summed E-state index contributed by atoms with van der Waals surface area (Å²) >= 11 is 11.9. The minimum atomic E-state index is -0.823. The molecule has 1 amide bonds. The average Bonchev–Trinajstić information content (AvgIpc) is 3.19. The Morgan fingerprint density at radius 1 is 1.16 bits per heavy atom. The Morgan fingerprint density at radius 2 is 1.88 bits per heavy atom. The quantitative estimate of drug-likeness (QED) is 0.555. The first-order valence-corrected chi connectivity index (χ1v) is 10.8. The van der Waals surface area contributed by atoms with Crippen LogP contribution in [0.1, 0.15) is 0 Å². The number of hydroxylamine groups is 2. The molecule has 0 aromatic heterocycles. The number of amides is 1. The fraction of sp³-hybridized carbons (Fsp3) is 0.409. The summed E-state index contributed by atoms with van der Waals surface area (Å²) in [6, 6.07) is 12.0. The molecule has 0 radical (unpaired) electrons. The van der Waals surface area contributed by atoms with Crippen LogP contribution in [-0.4, -0.2) is 80.2 Å². The zero-order chi connectivity index (χ0) is 23.1. The van der Waals surface area contributed by atoms with Gasteiger partial charge in [-0.2, -0.15) is 5.06 Å². The van der Waals surface area contributed by atoms with Crippen LogP contribution in [-0.2, 0) is 9.63 Å². The maximum atomic E-state index is 11.8. The van der Waals surface area contributed by atoms with Crippen molar-refractivity contribution in [1.82, 2.24) is 9.96 Å². The van der Waals surface area contributed by atoms with Gasteiger partial charge >= 0.3 is 0 Å². The number of benzene rings is 2. The van der Waals surface area contributed by atoms with E-state index in [4.69, 9.17) is 42.3 Å². The third kappa shape index (κ3) is 7.43. The first-order valence-electron chi connectivity index (χ1n) is 10.0. The number of hydrogen-bond donors (Lipinski definition) is 1. The van der Waals surface area contributed by atoms with Gasteiger partial charge < -0.3 is 24.2 Å². The predicted molar refractivity (Wildman–Crippen MR) is 121 cm³/mol. The van der Waals surface area contributed by atoms with Gasteiger partial charge in [-0.05, 0) is 36.4 Å². The summed E-state index contributed by atoms with van der Waals surface area (Å²) in [7, 11) is 3.28. The van der Waals surface area contributed by atoms with Gasteiger partial charge in [0.1, 0.15) is 31.2 Å². The minimum Gasteiger partial charge on any atom is -0.487 e. The molecule has 174 valence electrons. The first kappa shape index (κ1) is 24.4. The standard InChI is InChI=1S/C22H26Cl2N2O6/c1-25(2)22(28)14-30-21-9-16(24)5-8-20(21)29-12-17(27)10-26-11-19(13-31-26)32-18-6-3-15(23)4-7-18/h3-9,17,19,27H,10-14H2,1-2H3/t17-,19-/m1/s1. The van der Waals surface area contributed by atoms with Crippen molar-refractivity contribution < 1.29 is 28.9 Å².